The van der Waals surface area contributed by atoms with E-state index >= 15 is 0 Å². The summed E-state index contributed by atoms with van der Waals surface area (Å²) in [7, 11) is -5.06. The number of carbonyl (C=O) groups is 2. The van der Waals surface area contributed by atoms with Crippen LogP contribution < -0.4 is 0 Å². The van der Waals surface area contributed by atoms with Crippen molar-refractivity contribution in [2.45, 2.75) is 25.7 Å². The van der Waals surface area contributed by atoms with Gasteiger partial charge in [-0.1, -0.05) is 62.1 Å². The Morgan fingerprint density at radius 3 is 2.44 bits per heavy atom. The number of benzene rings is 2. The average Bonchev–Trinajstić information content (AvgIpc) is 2.98. The minimum atomic E-state index is -3.76. The van der Waals surface area contributed by atoms with Gasteiger partial charge in [-0.15, -0.1) is 0 Å². The van der Waals surface area contributed by atoms with Crippen LogP contribution in [0.2, 0.25) is 25.7 Å². The van der Waals surface area contributed by atoms with Gasteiger partial charge in [0, 0.05) is 20.3 Å². The predicted octanol–water partition coefficient (Wildman–Crippen LogP) is 4.53. The first kappa shape index (κ1) is 24.7. The predicted molar refractivity (Wildman–Crippen MR) is 130 cm³/mol. The Morgan fingerprint density at radius 1 is 1.06 bits per heavy atom. The molecule has 0 spiro atoms. The fraction of sp³-hybridized carbons (Fsp3) is 0.364. The van der Waals surface area contributed by atoms with Crippen molar-refractivity contribution in [2.24, 2.45) is 0 Å². The standard InChI is InChI=1S/C22H27NO6S2Si/c1-31(26,27)29-14-19(18-11-7-9-16-8-5-6-10-17(16)18)20-21(24)23(22(25)30-20)15-28-12-13-32(2,3)4/h5-11H,12-15H2,1-4H3. The summed E-state index contributed by atoms with van der Waals surface area (Å²) in [4.78, 5) is 26.9. The van der Waals surface area contributed by atoms with Crippen molar-refractivity contribution in [3.63, 3.8) is 0 Å². The highest BCUT2D eigenvalue weighted by molar-refractivity contribution is 8.18. The summed E-state index contributed by atoms with van der Waals surface area (Å²) in [5.74, 6) is -0.506. The van der Waals surface area contributed by atoms with Gasteiger partial charge in [-0.3, -0.25) is 13.8 Å². The van der Waals surface area contributed by atoms with Crippen LogP contribution in [-0.2, 0) is 23.8 Å². The first-order chi connectivity index (χ1) is 15.0. The molecule has 0 aliphatic carbocycles. The molecule has 3 rings (SSSR count). The maximum Gasteiger partial charge on any atom is 0.295 e. The van der Waals surface area contributed by atoms with Crippen LogP contribution >= 0.6 is 11.8 Å². The number of hydrogen-bond acceptors (Lipinski definition) is 7. The molecule has 0 unspecified atom stereocenters. The van der Waals surface area contributed by atoms with E-state index in [1.165, 1.54) is 0 Å². The van der Waals surface area contributed by atoms with Crippen molar-refractivity contribution in [3.8, 4) is 0 Å². The molecule has 0 atom stereocenters. The minimum Gasteiger partial charge on any atom is -0.361 e. The molecule has 0 radical (unpaired) electrons. The number of carbonyl (C=O) groups excluding carboxylic acids is 2. The lowest BCUT2D eigenvalue weighted by Gasteiger charge is -2.18. The van der Waals surface area contributed by atoms with Gasteiger partial charge in [-0.2, -0.15) is 8.42 Å². The van der Waals surface area contributed by atoms with Crippen LogP contribution in [0.25, 0.3) is 16.3 Å². The molecule has 0 bridgehead atoms. The summed E-state index contributed by atoms with van der Waals surface area (Å²) in [6.45, 7) is 6.66. The van der Waals surface area contributed by atoms with Gasteiger partial charge in [0.1, 0.15) is 6.73 Å². The average molecular weight is 494 g/mol. The molecule has 10 heteroatoms. The third-order valence-electron chi connectivity index (χ3n) is 4.87. The molecule has 0 N–H and O–H groups in total. The van der Waals surface area contributed by atoms with Gasteiger partial charge in [0.15, 0.2) is 0 Å². The second-order valence-corrected chi connectivity index (χ2v) is 17.0. The topological polar surface area (TPSA) is 90.0 Å². The van der Waals surface area contributed by atoms with Gasteiger partial charge in [0.05, 0.1) is 17.8 Å². The van der Waals surface area contributed by atoms with Crippen LogP contribution in [0.1, 0.15) is 5.56 Å². The summed E-state index contributed by atoms with van der Waals surface area (Å²) in [5.41, 5.74) is 1.01. The quantitative estimate of drug-likeness (QED) is 0.219. The van der Waals surface area contributed by atoms with Crippen LogP contribution in [0, 0.1) is 0 Å². The first-order valence-electron chi connectivity index (χ1n) is 10.1. The Bertz CT molecular complexity index is 1170. The van der Waals surface area contributed by atoms with E-state index in [1.807, 2.05) is 36.4 Å². The molecule has 1 fully saturated rings. The van der Waals surface area contributed by atoms with E-state index in [0.29, 0.717) is 17.7 Å². The van der Waals surface area contributed by atoms with Gasteiger partial charge < -0.3 is 4.74 Å². The van der Waals surface area contributed by atoms with Crippen LogP contribution in [0.4, 0.5) is 4.79 Å². The lowest BCUT2D eigenvalue weighted by atomic mass is 9.98. The highest BCUT2D eigenvalue weighted by atomic mass is 32.2. The summed E-state index contributed by atoms with van der Waals surface area (Å²) in [6, 6.07) is 14.0. The summed E-state index contributed by atoms with van der Waals surface area (Å²) < 4.78 is 34.0. The van der Waals surface area contributed by atoms with Crippen LogP contribution in [-0.4, -0.2) is 58.7 Å². The number of ether oxygens (including phenoxy) is 1. The smallest absolute Gasteiger partial charge is 0.295 e. The lowest BCUT2D eigenvalue weighted by Crippen LogP contribution is -2.32. The Kier molecular flexibility index (Phi) is 7.61. The van der Waals surface area contributed by atoms with E-state index in [2.05, 4.69) is 19.6 Å². The SMILES string of the molecule is C[Si](C)(C)CCOCN1C(=O)SC(=C(COS(C)(=O)=O)c2cccc3ccccc23)C1=O. The largest absolute Gasteiger partial charge is 0.361 e. The zero-order valence-corrected chi connectivity index (χ0v) is 21.2. The molecule has 1 aliphatic rings. The van der Waals surface area contributed by atoms with E-state index < -0.39 is 29.3 Å². The van der Waals surface area contributed by atoms with Crippen molar-refractivity contribution < 1.29 is 26.9 Å². The number of rotatable bonds is 9. The number of nitrogens with zero attached hydrogens (tertiary/aromatic N) is 1. The maximum atomic E-state index is 13.1. The van der Waals surface area contributed by atoms with Crippen molar-refractivity contribution >= 4 is 57.4 Å². The first-order valence-corrected chi connectivity index (χ1v) is 16.5. The molecule has 1 heterocycles. The van der Waals surface area contributed by atoms with Gasteiger partial charge in [0.25, 0.3) is 21.3 Å². The molecule has 32 heavy (non-hydrogen) atoms. The molecule has 2 amide bonds. The monoisotopic (exact) mass is 493 g/mol. The van der Waals surface area contributed by atoms with Gasteiger partial charge >= 0.3 is 0 Å². The zero-order valence-electron chi connectivity index (χ0n) is 18.6. The normalized spacial score (nSPS) is 16.8. The Hall–Kier alpha value is -1.98. The molecule has 1 saturated heterocycles. The van der Waals surface area contributed by atoms with Crippen molar-refractivity contribution in [1.29, 1.82) is 0 Å². The Labute approximate surface area is 193 Å². The minimum absolute atomic E-state index is 0.131. The van der Waals surface area contributed by atoms with Crippen LogP contribution in [0.3, 0.4) is 0 Å². The fourth-order valence-electron chi connectivity index (χ4n) is 3.15. The molecule has 0 saturated carbocycles. The number of hydrogen-bond donors (Lipinski definition) is 0. The van der Waals surface area contributed by atoms with E-state index in [-0.39, 0.29) is 18.2 Å². The van der Waals surface area contributed by atoms with E-state index in [4.69, 9.17) is 8.92 Å². The van der Waals surface area contributed by atoms with Crippen molar-refractivity contribution in [2.75, 3.05) is 26.2 Å². The highest BCUT2D eigenvalue weighted by Crippen LogP contribution is 2.38. The summed E-state index contributed by atoms with van der Waals surface area (Å²) in [6.07, 6.45) is 0.950. The Balaban J connectivity index is 1.95. The van der Waals surface area contributed by atoms with Crippen molar-refractivity contribution in [1.82, 2.24) is 4.90 Å². The lowest BCUT2D eigenvalue weighted by molar-refractivity contribution is -0.126. The van der Waals surface area contributed by atoms with E-state index in [9.17, 15) is 18.0 Å². The fourth-order valence-corrected chi connectivity index (χ4v) is 5.15. The molecule has 7 nitrogen and oxygen atoms in total. The third-order valence-corrected chi connectivity index (χ3v) is 8.14. The van der Waals surface area contributed by atoms with Gasteiger partial charge in [-0.25, -0.2) is 4.90 Å². The van der Waals surface area contributed by atoms with Crippen molar-refractivity contribution in [3.05, 3.63) is 52.9 Å². The molecule has 2 aromatic carbocycles. The second-order valence-electron chi connectivity index (χ2n) is 8.75. The third kappa shape index (κ3) is 6.29. The van der Waals surface area contributed by atoms with E-state index in [0.717, 1.165) is 39.7 Å². The second kappa shape index (κ2) is 9.88. The zero-order chi connectivity index (χ0) is 23.5. The maximum absolute atomic E-state index is 13.1. The number of imide groups is 1. The summed E-state index contributed by atoms with van der Waals surface area (Å²) in [5, 5.41) is 1.31. The molecular weight excluding hydrogens is 466 g/mol. The molecule has 172 valence electrons. The summed E-state index contributed by atoms with van der Waals surface area (Å²) >= 11 is 0.778. The van der Waals surface area contributed by atoms with Gasteiger partial charge in [0.2, 0.25) is 0 Å². The Morgan fingerprint density at radius 2 is 1.75 bits per heavy atom. The van der Waals surface area contributed by atoms with Crippen LogP contribution in [0.5, 0.6) is 0 Å². The number of fused-ring (bicyclic) bond motifs is 1. The van der Waals surface area contributed by atoms with Gasteiger partial charge in [-0.05, 0) is 34.1 Å². The van der Waals surface area contributed by atoms with Crippen LogP contribution in [0.15, 0.2) is 47.4 Å². The molecule has 2 aromatic rings. The van der Waals surface area contributed by atoms with E-state index in [1.54, 1.807) is 6.07 Å². The molecular formula is C22H27NO6S2Si. The highest BCUT2D eigenvalue weighted by Gasteiger charge is 2.38. The number of amides is 2. The molecule has 0 aromatic heterocycles. The number of thioether (sulfide) groups is 1. The molecule has 1 aliphatic heterocycles.